The molecule has 2 aromatic heterocycles. The zero-order valence-corrected chi connectivity index (χ0v) is 18.8. The summed E-state index contributed by atoms with van der Waals surface area (Å²) < 4.78 is 5.10. The number of hydrogen-bond acceptors (Lipinski definition) is 6. The number of benzene rings is 1. The van der Waals surface area contributed by atoms with Crippen molar-refractivity contribution in [2.75, 3.05) is 18.5 Å². The van der Waals surface area contributed by atoms with Gasteiger partial charge in [0.2, 0.25) is 0 Å². The molecule has 0 bridgehead atoms. The lowest BCUT2D eigenvalue weighted by atomic mass is 10.1. The summed E-state index contributed by atoms with van der Waals surface area (Å²) in [4.78, 5) is 36.3. The van der Waals surface area contributed by atoms with Gasteiger partial charge in [-0.2, -0.15) is 0 Å². The van der Waals surface area contributed by atoms with Crippen molar-refractivity contribution in [1.29, 1.82) is 0 Å². The van der Waals surface area contributed by atoms with Gasteiger partial charge in [-0.3, -0.25) is 15.0 Å². The fraction of sp³-hybridized carbons (Fsp3) is 0.348. The van der Waals surface area contributed by atoms with Gasteiger partial charge in [-0.15, -0.1) is 11.3 Å². The van der Waals surface area contributed by atoms with Gasteiger partial charge in [-0.25, -0.2) is 9.78 Å². The second kappa shape index (κ2) is 9.03. The average Bonchev–Trinajstić information content (AvgIpc) is 3.27. The van der Waals surface area contributed by atoms with Crippen molar-refractivity contribution < 1.29 is 14.3 Å². The highest BCUT2D eigenvalue weighted by molar-refractivity contribution is 7.15. The normalized spacial score (nSPS) is 13.6. The SMILES string of the molecule is CCOC(=O)c1c(C)[nH]c(C(=O)Nc2nc3c(s2)CN(Cc2ccccc2)CC3)c1C. The summed E-state index contributed by atoms with van der Waals surface area (Å²) in [7, 11) is 0. The third-order valence-electron chi connectivity index (χ3n) is 5.42. The van der Waals surface area contributed by atoms with Gasteiger partial charge >= 0.3 is 5.97 Å². The summed E-state index contributed by atoms with van der Waals surface area (Å²) in [6, 6.07) is 10.4. The van der Waals surface area contributed by atoms with E-state index in [9.17, 15) is 9.59 Å². The summed E-state index contributed by atoms with van der Waals surface area (Å²) in [5, 5.41) is 3.48. The van der Waals surface area contributed by atoms with Gasteiger partial charge in [0, 0.05) is 36.6 Å². The first-order valence-corrected chi connectivity index (χ1v) is 11.2. The lowest BCUT2D eigenvalue weighted by Gasteiger charge is -2.25. The van der Waals surface area contributed by atoms with Gasteiger partial charge in [-0.1, -0.05) is 30.3 Å². The number of fused-ring (bicyclic) bond motifs is 1. The molecular weight excluding hydrogens is 412 g/mol. The summed E-state index contributed by atoms with van der Waals surface area (Å²) >= 11 is 1.51. The molecule has 31 heavy (non-hydrogen) atoms. The largest absolute Gasteiger partial charge is 0.462 e. The van der Waals surface area contributed by atoms with Gasteiger partial charge in [0.15, 0.2) is 5.13 Å². The van der Waals surface area contributed by atoms with Crippen LogP contribution in [0.2, 0.25) is 0 Å². The molecule has 0 aliphatic carbocycles. The maximum absolute atomic E-state index is 12.9. The molecule has 1 aliphatic rings. The van der Waals surface area contributed by atoms with Crippen molar-refractivity contribution in [3.05, 3.63) is 69.0 Å². The number of anilines is 1. The van der Waals surface area contributed by atoms with E-state index in [0.29, 0.717) is 27.6 Å². The molecule has 3 heterocycles. The fourth-order valence-electron chi connectivity index (χ4n) is 3.92. The molecule has 8 heteroatoms. The van der Waals surface area contributed by atoms with Gasteiger partial charge in [0.05, 0.1) is 17.9 Å². The molecule has 4 rings (SSSR count). The van der Waals surface area contributed by atoms with Crippen LogP contribution in [0.15, 0.2) is 30.3 Å². The first-order valence-electron chi connectivity index (χ1n) is 10.4. The molecule has 0 atom stereocenters. The molecule has 0 radical (unpaired) electrons. The Kier molecular flexibility index (Phi) is 6.20. The predicted octanol–water partition coefficient (Wildman–Crippen LogP) is 4.08. The summed E-state index contributed by atoms with van der Waals surface area (Å²) in [6.07, 6.45) is 0.863. The molecule has 1 aromatic carbocycles. The number of hydrogen-bond donors (Lipinski definition) is 2. The minimum absolute atomic E-state index is 0.288. The molecule has 0 saturated carbocycles. The second-order valence-corrected chi connectivity index (χ2v) is 8.72. The topological polar surface area (TPSA) is 87.3 Å². The Bertz CT molecular complexity index is 1100. The number of ether oxygens (including phenoxy) is 1. The zero-order valence-electron chi connectivity index (χ0n) is 17.9. The third kappa shape index (κ3) is 4.55. The maximum Gasteiger partial charge on any atom is 0.340 e. The molecule has 0 saturated heterocycles. The fourth-order valence-corrected chi connectivity index (χ4v) is 4.97. The Balaban J connectivity index is 1.45. The lowest BCUT2D eigenvalue weighted by molar-refractivity contribution is 0.0525. The van der Waals surface area contributed by atoms with Crippen LogP contribution in [0.3, 0.4) is 0 Å². The number of aromatic nitrogens is 2. The third-order valence-corrected chi connectivity index (χ3v) is 6.42. The Morgan fingerprint density at radius 1 is 1.26 bits per heavy atom. The molecule has 0 fully saturated rings. The Labute approximate surface area is 185 Å². The van der Waals surface area contributed by atoms with Crippen LogP contribution in [0, 0.1) is 13.8 Å². The second-order valence-electron chi connectivity index (χ2n) is 7.63. The molecule has 162 valence electrons. The highest BCUT2D eigenvalue weighted by Gasteiger charge is 2.25. The van der Waals surface area contributed by atoms with Crippen LogP contribution in [0.4, 0.5) is 5.13 Å². The highest BCUT2D eigenvalue weighted by Crippen LogP contribution is 2.30. The van der Waals surface area contributed by atoms with Gasteiger partial charge in [-0.05, 0) is 31.9 Å². The molecule has 2 N–H and O–H groups in total. The number of aromatic amines is 1. The standard InChI is InChI=1S/C23H26N4O3S/c1-4-30-22(29)19-14(2)20(24-15(19)3)21(28)26-23-25-17-10-11-27(13-18(17)31-23)12-16-8-6-5-7-9-16/h5-9,24H,4,10-13H2,1-3H3,(H,25,26,28). The van der Waals surface area contributed by atoms with Crippen LogP contribution in [0.1, 0.15) is 55.2 Å². The highest BCUT2D eigenvalue weighted by atomic mass is 32.1. The van der Waals surface area contributed by atoms with Gasteiger partial charge in [0.25, 0.3) is 5.91 Å². The smallest absolute Gasteiger partial charge is 0.340 e. The van der Waals surface area contributed by atoms with Gasteiger partial charge in [0.1, 0.15) is 5.69 Å². The van der Waals surface area contributed by atoms with E-state index in [-0.39, 0.29) is 12.5 Å². The summed E-state index contributed by atoms with van der Waals surface area (Å²) in [5.74, 6) is -0.723. The molecule has 1 aliphatic heterocycles. The average molecular weight is 439 g/mol. The van der Waals surface area contributed by atoms with E-state index in [0.717, 1.165) is 31.7 Å². The van der Waals surface area contributed by atoms with Crippen molar-refractivity contribution >= 4 is 28.3 Å². The van der Waals surface area contributed by atoms with Crippen LogP contribution < -0.4 is 5.32 Å². The number of rotatable bonds is 6. The molecule has 3 aromatic rings. The number of H-pyrrole nitrogens is 1. The lowest BCUT2D eigenvalue weighted by Crippen LogP contribution is -2.29. The quantitative estimate of drug-likeness (QED) is 0.567. The van der Waals surface area contributed by atoms with Crippen molar-refractivity contribution in [2.24, 2.45) is 0 Å². The number of nitrogens with one attached hydrogen (secondary N) is 2. The van der Waals surface area contributed by atoms with E-state index < -0.39 is 5.97 Å². The Hall–Kier alpha value is -2.97. The summed E-state index contributed by atoms with van der Waals surface area (Å²) in [6.45, 7) is 8.22. The van der Waals surface area contributed by atoms with Crippen molar-refractivity contribution in [1.82, 2.24) is 14.9 Å². The van der Waals surface area contributed by atoms with Crippen molar-refractivity contribution in [2.45, 2.75) is 40.3 Å². The first-order chi connectivity index (χ1) is 15.0. The number of amides is 1. The number of carbonyl (C=O) groups is 2. The number of thiazole rings is 1. The van der Waals surface area contributed by atoms with E-state index in [1.807, 2.05) is 6.07 Å². The number of esters is 1. The zero-order chi connectivity index (χ0) is 22.0. The van der Waals surface area contributed by atoms with E-state index in [1.54, 1.807) is 20.8 Å². The number of aryl methyl sites for hydroxylation is 1. The number of nitrogens with zero attached hydrogens (tertiary/aromatic N) is 2. The first kappa shape index (κ1) is 21.3. The molecule has 0 spiro atoms. The van der Waals surface area contributed by atoms with Crippen LogP contribution in [0.25, 0.3) is 0 Å². The van der Waals surface area contributed by atoms with Crippen LogP contribution >= 0.6 is 11.3 Å². The minimum atomic E-state index is -0.420. The van der Waals surface area contributed by atoms with Crippen LogP contribution in [0.5, 0.6) is 0 Å². The van der Waals surface area contributed by atoms with Crippen molar-refractivity contribution in [3.63, 3.8) is 0 Å². The maximum atomic E-state index is 12.9. The van der Waals surface area contributed by atoms with Crippen LogP contribution in [-0.2, 0) is 24.2 Å². The van der Waals surface area contributed by atoms with E-state index in [2.05, 4.69) is 44.5 Å². The Morgan fingerprint density at radius 2 is 2.03 bits per heavy atom. The molecular formula is C23H26N4O3S. The minimum Gasteiger partial charge on any atom is -0.462 e. The monoisotopic (exact) mass is 438 g/mol. The summed E-state index contributed by atoms with van der Waals surface area (Å²) in [5.41, 5.74) is 4.33. The van der Waals surface area contributed by atoms with E-state index >= 15 is 0 Å². The molecule has 0 unspecified atom stereocenters. The van der Waals surface area contributed by atoms with Gasteiger partial charge < -0.3 is 9.72 Å². The predicted molar refractivity (Wildman–Crippen MR) is 121 cm³/mol. The molecule has 1 amide bonds. The Morgan fingerprint density at radius 3 is 2.77 bits per heavy atom. The molecule has 7 nitrogen and oxygen atoms in total. The van der Waals surface area contributed by atoms with Crippen LogP contribution in [-0.4, -0.2) is 39.9 Å². The van der Waals surface area contributed by atoms with E-state index in [4.69, 9.17) is 4.74 Å². The van der Waals surface area contributed by atoms with Crippen molar-refractivity contribution in [3.8, 4) is 0 Å². The number of carbonyl (C=O) groups excluding carboxylic acids is 2. The van der Waals surface area contributed by atoms with E-state index in [1.165, 1.54) is 21.8 Å².